The largest absolute Gasteiger partial charge is 0.496 e. The number of benzene rings is 1. The summed E-state index contributed by atoms with van der Waals surface area (Å²) in [6.07, 6.45) is 9.11. The van der Waals surface area contributed by atoms with Gasteiger partial charge in [0.15, 0.2) is 0 Å². The fraction of sp³-hybridized carbons (Fsp3) is 0.640. The molecule has 0 heterocycles. The number of allylic oxidation sites excluding steroid dienone is 1. The highest BCUT2D eigenvalue weighted by Crippen LogP contribution is 2.46. The van der Waals surface area contributed by atoms with E-state index in [9.17, 15) is 4.79 Å². The fourth-order valence-corrected chi connectivity index (χ4v) is 3.89. The van der Waals surface area contributed by atoms with Crippen LogP contribution in [-0.2, 0) is 4.74 Å². The predicted octanol–water partition coefficient (Wildman–Crippen LogP) is 6.92. The van der Waals surface area contributed by atoms with Crippen molar-refractivity contribution in [2.45, 2.75) is 85.7 Å². The zero-order chi connectivity index (χ0) is 20.9. The van der Waals surface area contributed by atoms with Crippen LogP contribution in [0.2, 0.25) is 0 Å². The van der Waals surface area contributed by atoms with Gasteiger partial charge in [-0.3, -0.25) is 0 Å². The predicted molar refractivity (Wildman–Crippen MR) is 116 cm³/mol. The third-order valence-corrected chi connectivity index (χ3v) is 5.99. The fourth-order valence-electron chi connectivity index (χ4n) is 3.89. The Labute approximate surface area is 171 Å². The molecule has 156 valence electrons. The van der Waals surface area contributed by atoms with E-state index in [1.54, 1.807) is 7.11 Å². The summed E-state index contributed by atoms with van der Waals surface area (Å²) in [6, 6.07) is 6.04. The molecule has 3 heteroatoms. The van der Waals surface area contributed by atoms with Gasteiger partial charge >= 0.3 is 5.97 Å². The molecule has 1 aromatic carbocycles. The van der Waals surface area contributed by atoms with E-state index >= 15 is 0 Å². The van der Waals surface area contributed by atoms with Crippen molar-refractivity contribution in [2.24, 2.45) is 10.8 Å². The molecule has 0 aliphatic heterocycles. The highest BCUT2D eigenvalue weighted by molar-refractivity contribution is 5.93. The third kappa shape index (κ3) is 5.86. The van der Waals surface area contributed by atoms with Crippen molar-refractivity contribution in [1.82, 2.24) is 0 Å². The van der Waals surface area contributed by atoms with Gasteiger partial charge in [-0.25, -0.2) is 4.79 Å². The number of carbonyl (C=O) groups is 1. The SMILES string of the molecule is CCC(C)(C)C(CC(C)(C)C)c1ccc(OC)c(C(=O)OC2C=CCCC2)c1. The molecule has 0 aromatic heterocycles. The summed E-state index contributed by atoms with van der Waals surface area (Å²) in [5.41, 5.74) is 2.05. The molecule has 0 amide bonds. The van der Waals surface area contributed by atoms with Gasteiger partial charge in [0.05, 0.1) is 7.11 Å². The minimum atomic E-state index is -0.293. The van der Waals surface area contributed by atoms with Crippen molar-refractivity contribution in [1.29, 1.82) is 0 Å². The first-order chi connectivity index (χ1) is 13.1. The Morgan fingerprint density at radius 2 is 1.93 bits per heavy atom. The van der Waals surface area contributed by atoms with Gasteiger partial charge in [0.1, 0.15) is 17.4 Å². The zero-order valence-electron chi connectivity index (χ0n) is 18.8. The van der Waals surface area contributed by atoms with Crippen LogP contribution < -0.4 is 4.74 Å². The monoisotopic (exact) mass is 386 g/mol. The van der Waals surface area contributed by atoms with E-state index in [-0.39, 0.29) is 22.9 Å². The average molecular weight is 387 g/mol. The Bertz CT molecular complexity index is 694. The van der Waals surface area contributed by atoms with E-state index in [2.05, 4.69) is 53.7 Å². The maximum absolute atomic E-state index is 12.9. The normalized spacial score (nSPS) is 18.6. The molecule has 0 N–H and O–H groups in total. The second kappa shape index (κ2) is 9.15. The van der Waals surface area contributed by atoms with Crippen LogP contribution >= 0.6 is 0 Å². The van der Waals surface area contributed by atoms with Crippen LogP contribution in [0.5, 0.6) is 5.75 Å². The molecule has 0 spiro atoms. The van der Waals surface area contributed by atoms with Crippen molar-refractivity contribution >= 4 is 5.97 Å². The van der Waals surface area contributed by atoms with Crippen molar-refractivity contribution < 1.29 is 14.3 Å². The summed E-state index contributed by atoms with van der Waals surface area (Å²) >= 11 is 0. The van der Waals surface area contributed by atoms with E-state index in [0.717, 1.165) is 32.1 Å². The van der Waals surface area contributed by atoms with Gasteiger partial charge in [0.2, 0.25) is 0 Å². The van der Waals surface area contributed by atoms with Gasteiger partial charge in [0, 0.05) is 0 Å². The quantitative estimate of drug-likeness (QED) is 0.377. The maximum Gasteiger partial charge on any atom is 0.342 e. The third-order valence-electron chi connectivity index (χ3n) is 5.99. The van der Waals surface area contributed by atoms with Crippen LogP contribution in [0.25, 0.3) is 0 Å². The van der Waals surface area contributed by atoms with Gasteiger partial charge in [-0.1, -0.05) is 60.1 Å². The molecule has 1 aliphatic carbocycles. The molecule has 0 bridgehead atoms. The first-order valence-corrected chi connectivity index (χ1v) is 10.6. The van der Waals surface area contributed by atoms with E-state index in [1.165, 1.54) is 5.56 Å². The number of carbonyl (C=O) groups excluding carboxylic acids is 1. The summed E-state index contributed by atoms with van der Waals surface area (Å²) in [5.74, 6) is 0.640. The standard InChI is InChI=1S/C25H38O3/c1-8-25(5,6)21(17-24(2,3)4)18-14-15-22(27-7)20(16-18)23(26)28-19-12-10-9-11-13-19/h10,12,14-16,19,21H,8-9,11,13,17H2,1-7H3. The lowest BCUT2D eigenvalue weighted by Crippen LogP contribution is -2.26. The molecule has 28 heavy (non-hydrogen) atoms. The Hall–Kier alpha value is -1.77. The van der Waals surface area contributed by atoms with E-state index in [4.69, 9.17) is 9.47 Å². The highest BCUT2D eigenvalue weighted by Gasteiger charge is 2.33. The van der Waals surface area contributed by atoms with Gasteiger partial charge < -0.3 is 9.47 Å². The number of hydrogen-bond acceptors (Lipinski definition) is 3. The molecule has 2 atom stereocenters. The Balaban J connectivity index is 2.38. The summed E-state index contributed by atoms with van der Waals surface area (Å²) in [5, 5.41) is 0. The molecule has 3 nitrogen and oxygen atoms in total. The molecular weight excluding hydrogens is 348 g/mol. The van der Waals surface area contributed by atoms with Crippen LogP contribution in [0, 0.1) is 10.8 Å². The maximum atomic E-state index is 12.9. The van der Waals surface area contributed by atoms with Crippen LogP contribution in [0.15, 0.2) is 30.4 Å². The Morgan fingerprint density at radius 1 is 1.21 bits per heavy atom. The van der Waals surface area contributed by atoms with Gasteiger partial charge in [-0.15, -0.1) is 0 Å². The first-order valence-electron chi connectivity index (χ1n) is 10.6. The van der Waals surface area contributed by atoms with Crippen LogP contribution in [-0.4, -0.2) is 19.2 Å². The van der Waals surface area contributed by atoms with Crippen molar-refractivity contribution in [3.63, 3.8) is 0 Å². The Kier molecular flexibility index (Phi) is 7.36. The zero-order valence-corrected chi connectivity index (χ0v) is 18.8. The second-order valence-electron chi connectivity index (χ2n) is 9.92. The van der Waals surface area contributed by atoms with E-state index in [0.29, 0.717) is 17.2 Å². The van der Waals surface area contributed by atoms with Gasteiger partial charge in [-0.05, 0) is 66.2 Å². The topological polar surface area (TPSA) is 35.5 Å². The van der Waals surface area contributed by atoms with Crippen molar-refractivity contribution in [2.75, 3.05) is 7.11 Å². The lowest BCUT2D eigenvalue weighted by Gasteiger charge is -2.38. The number of methoxy groups -OCH3 is 1. The number of rotatable bonds is 7. The van der Waals surface area contributed by atoms with Crippen LogP contribution in [0.4, 0.5) is 0 Å². The van der Waals surface area contributed by atoms with E-state index < -0.39 is 0 Å². The summed E-state index contributed by atoms with van der Waals surface area (Å²) < 4.78 is 11.2. The van der Waals surface area contributed by atoms with Crippen LogP contribution in [0.3, 0.4) is 0 Å². The molecule has 0 radical (unpaired) electrons. The minimum Gasteiger partial charge on any atom is -0.496 e. The smallest absolute Gasteiger partial charge is 0.342 e. The molecule has 1 aliphatic rings. The number of hydrogen-bond donors (Lipinski definition) is 0. The van der Waals surface area contributed by atoms with Crippen molar-refractivity contribution in [3.05, 3.63) is 41.5 Å². The van der Waals surface area contributed by atoms with Crippen LogP contribution in [0.1, 0.15) is 95.5 Å². The summed E-state index contributed by atoms with van der Waals surface area (Å²) in [6.45, 7) is 13.7. The number of esters is 1. The second-order valence-corrected chi connectivity index (χ2v) is 9.92. The average Bonchev–Trinajstić information content (AvgIpc) is 2.65. The summed E-state index contributed by atoms with van der Waals surface area (Å²) in [7, 11) is 1.61. The minimum absolute atomic E-state index is 0.132. The van der Waals surface area contributed by atoms with Gasteiger partial charge in [0.25, 0.3) is 0 Å². The molecular formula is C25H38O3. The molecule has 0 saturated carbocycles. The first kappa shape index (κ1) is 22.5. The summed E-state index contributed by atoms with van der Waals surface area (Å²) in [4.78, 5) is 12.9. The molecule has 2 rings (SSSR count). The molecule has 2 unspecified atom stereocenters. The highest BCUT2D eigenvalue weighted by atomic mass is 16.5. The van der Waals surface area contributed by atoms with Crippen molar-refractivity contribution in [3.8, 4) is 5.75 Å². The van der Waals surface area contributed by atoms with Gasteiger partial charge in [-0.2, -0.15) is 0 Å². The lowest BCUT2D eigenvalue weighted by molar-refractivity contribution is 0.0366. The molecule has 0 fully saturated rings. The lowest BCUT2D eigenvalue weighted by atomic mass is 9.67. The molecule has 0 saturated heterocycles. The van der Waals surface area contributed by atoms with E-state index in [1.807, 2.05) is 18.2 Å². The molecule has 1 aromatic rings. The number of ether oxygens (including phenoxy) is 2. The Morgan fingerprint density at radius 3 is 2.46 bits per heavy atom.